The number of nitrogens with two attached hydrogens (primary N) is 1. The Morgan fingerprint density at radius 1 is 1.37 bits per heavy atom. The van der Waals surface area contributed by atoms with Gasteiger partial charge in [-0.15, -0.1) is 0 Å². The molecule has 0 aliphatic rings. The molecule has 1 atom stereocenters. The van der Waals surface area contributed by atoms with Crippen LogP contribution in [0.1, 0.15) is 30.9 Å². The number of benzene rings is 1. The first-order valence-electron chi connectivity index (χ1n) is 6.72. The molecule has 4 nitrogen and oxygen atoms in total. The van der Waals surface area contributed by atoms with Crippen molar-refractivity contribution in [2.24, 2.45) is 5.73 Å². The van der Waals surface area contributed by atoms with Crippen molar-refractivity contribution in [1.29, 1.82) is 0 Å². The number of rotatable bonds is 7. The van der Waals surface area contributed by atoms with Crippen LogP contribution in [0.2, 0.25) is 0 Å². The maximum atomic E-state index is 11.5. The first-order chi connectivity index (χ1) is 9.02. The Balaban J connectivity index is 2.23. The van der Waals surface area contributed by atoms with Gasteiger partial charge in [-0.25, -0.2) is 0 Å². The summed E-state index contributed by atoms with van der Waals surface area (Å²) in [6.07, 6.45) is 1.17. The number of ether oxygens (including phenoxy) is 1. The summed E-state index contributed by atoms with van der Waals surface area (Å²) >= 11 is 0. The minimum absolute atomic E-state index is 0.0293. The van der Waals surface area contributed by atoms with Crippen LogP contribution in [0.4, 0.5) is 0 Å². The number of aryl methyl sites for hydroxylation is 2. The highest BCUT2D eigenvalue weighted by molar-refractivity contribution is 5.76. The van der Waals surface area contributed by atoms with E-state index >= 15 is 0 Å². The van der Waals surface area contributed by atoms with E-state index in [1.807, 2.05) is 25.1 Å². The van der Waals surface area contributed by atoms with Gasteiger partial charge in [0.15, 0.2) is 0 Å². The Kier molecular flexibility index (Phi) is 6.36. The van der Waals surface area contributed by atoms with Crippen molar-refractivity contribution in [3.8, 4) is 5.75 Å². The topological polar surface area (TPSA) is 64.3 Å². The van der Waals surface area contributed by atoms with Crippen molar-refractivity contribution in [2.75, 3.05) is 13.2 Å². The quantitative estimate of drug-likeness (QED) is 0.740. The lowest BCUT2D eigenvalue weighted by molar-refractivity contribution is -0.121. The lowest BCUT2D eigenvalue weighted by Gasteiger charge is -2.11. The zero-order valence-electron chi connectivity index (χ0n) is 12.0. The molecule has 4 heteroatoms. The highest BCUT2D eigenvalue weighted by Crippen LogP contribution is 2.16. The molecule has 0 radical (unpaired) electrons. The zero-order chi connectivity index (χ0) is 14.3. The number of carbonyl (C=O) groups is 1. The lowest BCUT2D eigenvalue weighted by atomic mass is 10.1. The van der Waals surface area contributed by atoms with Crippen LogP contribution >= 0.6 is 0 Å². The van der Waals surface area contributed by atoms with Crippen molar-refractivity contribution >= 4 is 5.91 Å². The molecule has 19 heavy (non-hydrogen) atoms. The molecule has 3 N–H and O–H groups in total. The summed E-state index contributed by atoms with van der Waals surface area (Å²) in [4.78, 5) is 11.5. The highest BCUT2D eigenvalue weighted by Gasteiger charge is 2.05. The average molecular weight is 264 g/mol. The molecular weight excluding hydrogens is 240 g/mol. The minimum atomic E-state index is 0.0293. The van der Waals surface area contributed by atoms with Crippen LogP contribution in [-0.4, -0.2) is 25.1 Å². The van der Waals surface area contributed by atoms with Gasteiger partial charge in [0.1, 0.15) is 5.75 Å². The molecule has 0 aliphatic heterocycles. The summed E-state index contributed by atoms with van der Waals surface area (Å²) < 4.78 is 5.62. The predicted octanol–water partition coefficient (Wildman–Crippen LogP) is 1.93. The van der Waals surface area contributed by atoms with Gasteiger partial charge in [-0.3, -0.25) is 4.79 Å². The van der Waals surface area contributed by atoms with Crippen molar-refractivity contribution in [3.05, 3.63) is 29.3 Å². The van der Waals surface area contributed by atoms with Crippen LogP contribution in [0.5, 0.6) is 5.75 Å². The average Bonchev–Trinajstić information content (AvgIpc) is 2.38. The predicted molar refractivity (Wildman–Crippen MR) is 77.3 cm³/mol. The summed E-state index contributed by atoms with van der Waals surface area (Å²) in [6, 6.07) is 6.05. The van der Waals surface area contributed by atoms with E-state index < -0.39 is 0 Å². The van der Waals surface area contributed by atoms with Gasteiger partial charge in [0.25, 0.3) is 0 Å². The number of hydrogen-bond acceptors (Lipinski definition) is 3. The first kappa shape index (κ1) is 15.5. The number of nitrogens with one attached hydrogen (secondary N) is 1. The molecule has 0 spiro atoms. The number of carbonyl (C=O) groups excluding carboxylic acids is 1. The SMILES string of the molecule is Cc1ccc(OCCCC(=O)N[C@@H](C)CN)cc1C. The standard InChI is InChI=1S/C15H24N2O2/c1-11-6-7-14(9-12(11)2)19-8-4-5-15(18)17-13(3)10-16/h6-7,9,13H,4-5,8,10,16H2,1-3H3,(H,17,18)/t13-/m0/s1. The van der Waals surface area contributed by atoms with Crippen molar-refractivity contribution in [2.45, 2.75) is 39.7 Å². The van der Waals surface area contributed by atoms with Gasteiger partial charge < -0.3 is 15.8 Å². The Morgan fingerprint density at radius 2 is 2.11 bits per heavy atom. The van der Waals surface area contributed by atoms with Gasteiger partial charge in [0.05, 0.1) is 6.61 Å². The van der Waals surface area contributed by atoms with E-state index in [-0.39, 0.29) is 11.9 Å². The van der Waals surface area contributed by atoms with E-state index in [1.165, 1.54) is 11.1 Å². The second kappa shape index (κ2) is 7.79. The molecule has 0 unspecified atom stereocenters. The van der Waals surface area contributed by atoms with Gasteiger partial charge in [-0.1, -0.05) is 6.07 Å². The van der Waals surface area contributed by atoms with Crippen LogP contribution in [0.3, 0.4) is 0 Å². The summed E-state index contributed by atoms with van der Waals surface area (Å²) in [5.41, 5.74) is 7.91. The number of hydrogen-bond donors (Lipinski definition) is 2. The second-order valence-electron chi connectivity index (χ2n) is 4.90. The Morgan fingerprint density at radius 3 is 2.74 bits per heavy atom. The van der Waals surface area contributed by atoms with Crippen molar-refractivity contribution < 1.29 is 9.53 Å². The van der Waals surface area contributed by atoms with Crippen LogP contribution in [-0.2, 0) is 4.79 Å². The number of amides is 1. The summed E-state index contributed by atoms with van der Waals surface area (Å²) in [6.45, 7) is 7.03. The molecule has 1 rings (SSSR count). The van der Waals surface area contributed by atoms with E-state index in [9.17, 15) is 4.79 Å². The lowest BCUT2D eigenvalue weighted by Crippen LogP contribution is -2.37. The van der Waals surface area contributed by atoms with Crippen LogP contribution in [0.25, 0.3) is 0 Å². The molecule has 0 saturated heterocycles. The summed E-state index contributed by atoms with van der Waals surface area (Å²) in [5.74, 6) is 0.889. The minimum Gasteiger partial charge on any atom is -0.494 e. The smallest absolute Gasteiger partial charge is 0.220 e. The summed E-state index contributed by atoms with van der Waals surface area (Å²) in [7, 11) is 0. The van der Waals surface area contributed by atoms with Crippen LogP contribution in [0, 0.1) is 13.8 Å². The van der Waals surface area contributed by atoms with E-state index in [0.717, 1.165) is 5.75 Å². The third kappa shape index (κ3) is 5.75. The Labute approximate surface area is 115 Å². The third-order valence-corrected chi connectivity index (χ3v) is 3.06. The van der Waals surface area contributed by atoms with Gasteiger partial charge in [-0.2, -0.15) is 0 Å². The first-order valence-corrected chi connectivity index (χ1v) is 6.72. The molecule has 0 bridgehead atoms. The van der Waals surface area contributed by atoms with Gasteiger partial charge >= 0.3 is 0 Å². The maximum Gasteiger partial charge on any atom is 0.220 e. The fourth-order valence-electron chi connectivity index (χ4n) is 1.63. The largest absolute Gasteiger partial charge is 0.494 e. The van der Waals surface area contributed by atoms with E-state index in [4.69, 9.17) is 10.5 Å². The van der Waals surface area contributed by atoms with Crippen molar-refractivity contribution in [1.82, 2.24) is 5.32 Å². The maximum absolute atomic E-state index is 11.5. The van der Waals surface area contributed by atoms with E-state index in [1.54, 1.807) is 0 Å². The van der Waals surface area contributed by atoms with Gasteiger partial charge in [-0.05, 0) is 50.5 Å². The van der Waals surface area contributed by atoms with Crippen molar-refractivity contribution in [3.63, 3.8) is 0 Å². The molecule has 0 aromatic heterocycles. The fraction of sp³-hybridized carbons (Fsp3) is 0.533. The van der Waals surface area contributed by atoms with Gasteiger partial charge in [0.2, 0.25) is 5.91 Å². The molecule has 106 valence electrons. The molecule has 0 fully saturated rings. The molecule has 1 amide bonds. The molecule has 1 aromatic rings. The zero-order valence-corrected chi connectivity index (χ0v) is 12.0. The molecule has 0 saturated carbocycles. The van der Waals surface area contributed by atoms with Crippen LogP contribution < -0.4 is 15.8 Å². The second-order valence-corrected chi connectivity index (χ2v) is 4.90. The molecule has 0 aliphatic carbocycles. The molecule has 1 aromatic carbocycles. The molecule has 0 heterocycles. The van der Waals surface area contributed by atoms with E-state index in [0.29, 0.717) is 26.0 Å². The van der Waals surface area contributed by atoms with Gasteiger partial charge in [0, 0.05) is 19.0 Å². The normalized spacial score (nSPS) is 12.0. The monoisotopic (exact) mass is 264 g/mol. The molecular formula is C15H24N2O2. The Bertz CT molecular complexity index is 419. The Hall–Kier alpha value is -1.55. The summed E-state index contributed by atoms with van der Waals surface area (Å²) in [5, 5.41) is 2.83. The highest BCUT2D eigenvalue weighted by atomic mass is 16.5. The van der Waals surface area contributed by atoms with E-state index in [2.05, 4.69) is 19.2 Å². The van der Waals surface area contributed by atoms with Crippen LogP contribution in [0.15, 0.2) is 18.2 Å². The third-order valence-electron chi connectivity index (χ3n) is 3.06. The fourth-order valence-corrected chi connectivity index (χ4v) is 1.63.